The van der Waals surface area contributed by atoms with Gasteiger partial charge in [0.2, 0.25) is 5.95 Å². The molecule has 0 aliphatic rings. The van der Waals surface area contributed by atoms with Gasteiger partial charge in [-0.1, -0.05) is 0 Å². The molecule has 0 radical (unpaired) electrons. The maximum Gasteiger partial charge on any atom is 0.217 e. The largest absolute Gasteiger partial charge is 0.383 e. The van der Waals surface area contributed by atoms with Crippen LogP contribution in [-0.4, -0.2) is 30.2 Å². The number of aromatic nitrogens is 2. The number of halogens is 1. The van der Waals surface area contributed by atoms with Gasteiger partial charge in [0, 0.05) is 19.7 Å². The summed E-state index contributed by atoms with van der Waals surface area (Å²) < 4.78 is 17.2. The Balaban J connectivity index is 2.41. The summed E-state index contributed by atoms with van der Waals surface area (Å²) in [6.07, 6.45) is 1.17. The van der Waals surface area contributed by atoms with Gasteiger partial charge in [-0.05, 0) is 0 Å². The first-order valence-electron chi connectivity index (χ1n) is 3.53. The van der Waals surface area contributed by atoms with Crippen LogP contribution in [0.5, 0.6) is 0 Å². The smallest absolute Gasteiger partial charge is 0.217 e. The Bertz CT molecular complexity index is 244. The predicted octanol–water partition coefficient (Wildman–Crippen LogP) is 0.674. The number of anilines is 1. The van der Waals surface area contributed by atoms with E-state index in [4.69, 9.17) is 4.74 Å². The number of methoxy groups -OCH3 is 1. The minimum atomic E-state index is -0.537. The molecule has 0 amide bonds. The van der Waals surface area contributed by atoms with Gasteiger partial charge in [0.25, 0.3) is 0 Å². The minimum Gasteiger partial charge on any atom is -0.383 e. The van der Waals surface area contributed by atoms with Gasteiger partial charge >= 0.3 is 0 Å². The second kappa shape index (κ2) is 4.61. The summed E-state index contributed by atoms with van der Waals surface area (Å²) in [6.45, 7) is 1.17. The Labute approximate surface area is 69.8 Å². The molecule has 4 nitrogen and oxygen atoms in total. The van der Waals surface area contributed by atoms with E-state index in [1.165, 1.54) is 12.4 Å². The van der Waals surface area contributed by atoms with Gasteiger partial charge in [0.05, 0.1) is 6.61 Å². The molecule has 0 saturated carbocycles. The molecule has 5 heteroatoms. The lowest BCUT2D eigenvalue weighted by Crippen LogP contribution is -2.09. The van der Waals surface area contributed by atoms with Crippen LogP contribution in [0.15, 0.2) is 12.4 Å². The Morgan fingerprint density at radius 1 is 1.58 bits per heavy atom. The fraction of sp³-hybridized carbons (Fsp3) is 0.429. The Morgan fingerprint density at radius 3 is 3.08 bits per heavy atom. The molecule has 66 valence electrons. The van der Waals surface area contributed by atoms with Crippen LogP contribution in [-0.2, 0) is 4.74 Å². The Kier molecular flexibility index (Phi) is 3.40. The summed E-state index contributed by atoms with van der Waals surface area (Å²) in [4.78, 5) is 7.11. The highest BCUT2D eigenvalue weighted by atomic mass is 19.1. The van der Waals surface area contributed by atoms with Crippen molar-refractivity contribution in [2.45, 2.75) is 0 Å². The van der Waals surface area contributed by atoms with E-state index in [1.807, 2.05) is 0 Å². The van der Waals surface area contributed by atoms with Crippen molar-refractivity contribution >= 4 is 5.82 Å². The third kappa shape index (κ3) is 2.79. The number of hydrogen-bond donors (Lipinski definition) is 1. The van der Waals surface area contributed by atoms with Crippen LogP contribution in [0.2, 0.25) is 0 Å². The molecule has 1 N–H and O–H groups in total. The summed E-state index contributed by atoms with van der Waals surface area (Å²) in [5.41, 5.74) is 0. The van der Waals surface area contributed by atoms with Gasteiger partial charge in [-0.15, -0.1) is 0 Å². The maximum absolute atomic E-state index is 12.5. The molecule has 0 unspecified atom stereocenters. The summed E-state index contributed by atoms with van der Waals surface area (Å²) in [6, 6.07) is 1.23. The number of rotatable bonds is 4. The Morgan fingerprint density at radius 2 is 2.42 bits per heavy atom. The standard InChI is InChI=1S/C7H10FN3O/c1-12-3-2-9-7-4-6(8)10-5-11-7/h4-5H,2-3H2,1H3,(H,9,10,11). The predicted molar refractivity (Wildman–Crippen MR) is 42.4 cm³/mol. The highest BCUT2D eigenvalue weighted by Gasteiger charge is 1.94. The van der Waals surface area contributed by atoms with Crippen molar-refractivity contribution in [3.8, 4) is 0 Å². The van der Waals surface area contributed by atoms with Crippen molar-refractivity contribution in [1.82, 2.24) is 9.97 Å². The average molecular weight is 171 g/mol. The first-order valence-corrected chi connectivity index (χ1v) is 3.53. The van der Waals surface area contributed by atoms with Crippen LogP contribution < -0.4 is 5.32 Å². The normalized spacial score (nSPS) is 9.83. The number of hydrogen-bond acceptors (Lipinski definition) is 4. The lowest BCUT2D eigenvalue weighted by molar-refractivity contribution is 0.210. The van der Waals surface area contributed by atoms with Crippen LogP contribution in [0.3, 0.4) is 0 Å². The van der Waals surface area contributed by atoms with E-state index < -0.39 is 5.95 Å². The van der Waals surface area contributed by atoms with Crippen molar-refractivity contribution in [2.24, 2.45) is 0 Å². The zero-order valence-electron chi connectivity index (χ0n) is 6.75. The van der Waals surface area contributed by atoms with E-state index in [1.54, 1.807) is 7.11 Å². The third-order valence-electron chi connectivity index (χ3n) is 1.25. The molecule has 0 bridgehead atoms. The van der Waals surface area contributed by atoms with E-state index in [-0.39, 0.29) is 0 Å². The summed E-state index contributed by atoms with van der Waals surface area (Å²) >= 11 is 0. The first-order chi connectivity index (χ1) is 5.83. The van der Waals surface area contributed by atoms with Gasteiger partial charge in [-0.2, -0.15) is 4.39 Å². The molecule has 1 aromatic heterocycles. The van der Waals surface area contributed by atoms with Gasteiger partial charge < -0.3 is 10.1 Å². The molecule has 0 aliphatic carbocycles. The van der Waals surface area contributed by atoms with Crippen molar-refractivity contribution in [3.05, 3.63) is 18.3 Å². The van der Waals surface area contributed by atoms with E-state index in [2.05, 4.69) is 15.3 Å². The summed E-state index contributed by atoms with van der Waals surface area (Å²) in [5.74, 6) is -0.0653. The van der Waals surface area contributed by atoms with E-state index >= 15 is 0 Å². The van der Waals surface area contributed by atoms with Crippen molar-refractivity contribution in [2.75, 3.05) is 25.6 Å². The summed E-state index contributed by atoms with van der Waals surface area (Å²) in [7, 11) is 1.60. The molecule has 0 aliphatic heterocycles. The number of nitrogens with zero attached hydrogens (tertiary/aromatic N) is 2. The molecule has 1 rings (SSSR count). The number of ether oxygens (including phenoxy) is 1. The van der Waals surface area contributed by atoms with Gasteiger partial charge in [-0.3, -0.25) is 0 Å². The van der Waals surface area contributed by atoms with Crippen LogP contribution in [0.1, 0.15) is 0 Å². The van der Waals surface area contributed by atoms with Crippen LogP contribution in [0.4, 0.5) is 10.2 Å². The minimum absolute atomic E-state index is 0.472. The van der Waals surface area contributed by atoms with Gasteiger partial charge in [0.1, 0.15) is 12.1 Å². The highest BCUT2D eigenvalue weighted by Crippen LogP contribution is 2.00. The molecular weight excluding hydrogens is 161 g/mol. The van der Waals surface area contributed by atoms with Crippen LogP contribution in [0, 0.1) is 5.95 Å². The molecule has 0 spiro atoms. The lowest BCUT2D eigenvalue weighted by Gasteiger charge is -2.02. The first kappa shape index (κ1) is 8.86. The van der Waals surface area contributed by atoms with Crippen molar-refractivity contribution in [1.29, 1.82) is 0 Å². The maximum atomic E-state index is 12.5. The average Bonchev–Trinajstić information content (AvgIpc) is 2.05. The van der Waals surface area contributed by atoms with E-state index in [9.17, 15) is 4.39 Å². The molecule has 0 saturated heterocycles. The second-order valence-corrected chi connectivity index (χ2v) is 2.15. The third-order valence-corrected chi connectivity index (χ3v) is 1.25. The Hall–Kier alpha value is -1.23. The second-order valence-electron chi connectivity index (χ2n) is 2.15. The quantitative estimate of drug-likeness (QED) is 0.534. The summed E-state index contributed by atoms with van der Waals surface area (Å²) in [5, 5.41) is 2.87. The zero-order valence-corrected chi connectivity index (χ0v) is 6.75. The molecule has 0 aromatic carbocycles. The van der Waals surface area contributed by atoms with Crippen molar-refractivity contribution in [3.63, 3.8) is 0 Å². The van der Waals surface area contributed by atoms with E-state index in [0.717, 1.165) is 0 Å². The van der Waals surface area contributed by atoms with Crippen LogP contribution in [0.25, 0.3) is 0 Å². The van der Waals surface area contributed by atoms with Gasteiger partial charge in [0.15, 0.2) is 0 Å². The number of nitrogens with one attached hydrogen (secondary N) is 1. The monoisotopic (exact) mass is 171 g/mol. The van der Waals surface area contributed by atoms with Crippen molar-refractivity contribution < 1.29 is 9.13 Å². The lowest BCUT2D eigenvalue weighted by atomic mass is 10.5. The van der Waals surface area contributed by atoms with Gasteiger partial charge in [-0.25, -0.2) is 9.97 Å². The molecule has 1 heterocycles. The molecule has 0 atom stereocenters. The fourth-order valence-corrected chi connectivity index (χ4v) is 0.711. The van der Waals surface area contributed by atoms with E-state index in [0.29, 0.717) is 19.0 Å². The fourth-order valence-electron chi connectivity index (χ4n) is 0.711. The molecule has 1 aromatic rings. The topological polar surface area (TPSA) is 47.0 Å². The van der Waals surface area contributed by atoms with Crippen LogP contribution >= 0.6 is 0 Å². The molecule has 12 heavy (non-hydrogen) atoms. The zero-order chi connectivity index (χ0) is 8.81. The molecular formula is C7H10FN3O. The molecule has 0 fully saturated rings. The highest BCUT2D eigenvalue weighted by molar-refractivity contribution is 5.31. The SMILES string of the molecule is COCCNc1cc(F)ncn1.